The quantitative estimate of drug-likeness (QED) is 0.599. The van der Waals surface area contributed by atoms with E-state index in [1.54, 1.807) is 7.11 Å². The Bertz CT molecular complexity index is 223. The highest BCUT2D eigenvalue weighted by Gasteiger charge is 2.23. The average Bonchev–Trinajstić information content (AvgIpc) is 2.64. The molecule has 94 valence electrons. The molecule has 0 aromatic rings. The van der Waals surface area contributed by atoms with Crippen LogP contribution in [0.1, 0.15) is 13.3 Å². The van der Waals surface area contributed by atoms with E-state index in [4.69, 9.17) is 4.74 Å². The predicted molar refractivity (Wildman–Crippen MR) is 63.4 cm³/mol. The Hall–Kier alpha value is -0.650. The third-order valence-electron chi connectivity index (χ3n) is 2.88. The Morgan fingerprint density at radius 3 is 2.94 bits per heavy atom. The number of methoxy groups -OCH3 is 1. The minimum absolute atomic E-state index is 0.0478. The lowest BCUT2D eigenvalue weighted by atomic mass is 10.2. The van der Waals surface area contributed by atoms with E-state index in [1.807, 2.05) is 6.92 Å². The number of hydrogen-bond donors (Lipinski definition) is 2. The van der Waals surface area contributed by atoms with Crippen LogP contribution in [0.2, 0.25) is 0 Å². The van der Waals surface area contributed by atoms with E-state index >= 15 is 0 Å². The maximum atomic E-state index is 11.6. The van der Waals surface area contributed by atoms with Crippen molar-refractivity contribution in [3.63, 3.8) is 0 Å². The van der Waals surface area contributed by atoms with E-state index in [-0.39, 0.29) is 11.9 Å². The molecule has 2 N–H and O–H groups in total. The summed E-state index contributed by atoms with van der Waals surface area (Å²) in [5, 5.41) is 6.17. The molecule has 0 saturated carbocycles. The van der Waals surface area contributed by atoms with Crippen molar-refractivity contribution in [2.45, 2.75) is 25.4 Å². The van der Waals surface area contributed by atoms with Crippen LogP contribution in [0.25, 0.3) is 0 Å². The minimum atomic E-state index is -0.131. The van der Waals surface area contributed by atoms with Gasteiger partial charge in [0.1, 0.15) is 0 Å². The number of nitrogens with one attached hydrogen (secondary N) is 2. The molecule has 1 aliphatic rings. The van der Waals surface area contributed by atoms with Gasteiger partial charge in [0.25, 0.3) is 0 Å². The fourth-order valence-electron chi connectivity index (χ4n) is 1.93. The highest BCUT2D eigenvalue weighted by molar-refractivity contribution is 5.81. The van der Waals surface area contributed by atoms with Gasteiger partial charge in [-0.3, -0.25) is 4.79 Å². The standard InChI is InChI=1S/C11H23N3O2/c1-9(11(15)12-5-7-16-3)13-10-4-6-14(2)8-10/h9-10,13H,4-8H2,1-3H3,(H,12,15). The maximum absolute atomic E-state index is 11.6. The van der Waals surface area contributed by atoms with E-state index in [1.165, 1.54) is 0 Å². The second-order valence-corrected chi connectivity index (χ2v) is 4.42. The van der Waals surface area contributed by atoms with Crippen LogP contribution in [0.5, 0.6) is 0 Å². The van der Waals surface area contributed by atoms with Gasteiger partial charge < -0.3 is 20.3 Å². The number of hydrogen-bond acceptors (Lipinski definition) is 4. The molecule has 1 aliphatic heterocycles. The number of carbonyl (C=O) groups is 1. The van der Waals surface area contributed by atoms with E-state index in [2.05, 4.69) is 22.6 Å². The van der Waals surface area contributed by atoms with Gasteiger partial charge in [0.2, 0.25) is 5.91 Å². The SMILES string of the molecule is COCCNC(=O)C(C)NC1CCN(C)C1. The molecule has 0 aromatic heterocycles. The molecule has 0 aromatic carbocycles. The first kappa shape index (κ1) is 13.4. The molecule has 5 heteroatoms. The maximum Gasteiger partial charge on any atom is 0.236 e. The Morgan fingerprint density at radius 1 is 1.62 bits per heavy atom. The Kier molecular flexibility index (Phi) is 5.73. The van der Waals surface area contributed by atoms with Crippen molar-refractivity contribution >= 4 is 5.91 Å². The molecule has 2 atom stereocenters. The fraction of sp³-hybridized carbons (Fsp3) is 0.909. The van der Waals surface area contributed by atoms with Crippen molar-refractivity contribution < 1.29 is 9.53 Å². The molecule has 1 heterocycles. The summed E-state index contributed by atoms with van der Waals surface area (Å²) >= 11 is 0. The Morgan fingerprint density at radius 2 is 2.38 bits per heavy atom. The lowest BCUT2D eigenvalue weighted by Crippen LogP contribution is -2.47. The molecule has 16 heavy (non-hydrogen) atoms. The number of likely N-dealkylation sites (N-methyl/N-ethyl adjacent to an activating group) is 1. The molecule has 1 fully saturated rings. The fourth-order valence-corrected chi connectivity index (χ4v) is 1.93. The molecule has 1 saturated heterocycles. The molecule has 0 radical (unpaired) electrons. The highest BCUT2D eigenvalue weighted by atomic mass is 16.5. The largest absolute Gasteiger partial charge is 0.383 e. The summed E-state index contributed by atoms with van der Waals surface area (Å²) in [5.74, 6) is 0.0478. The van der Waals surface area contributed by atoms with Crippen LogP contribution in [0.4, 0.5) is 0 Å². The topological polar surface area (TPSA) is 53.6 Å². The van der Waals surface area contributed by atoms with Crippen molar-refractivity contribution in [3.8, 4) is 0 Å². The molecule has 0 aliphatic carbocycles. The monoisotopic (exact) mass is 229 g/mol. The van der Waals surface area contributed by atoms with E-state index in [9.17, 15) is 4.79 Å². The first-order valence-electron chi connectivity index (χ1n) is 5.84. The first-order chi connectivity index (χ1) is 7.63. The van der Waals surface area contributed by atoms with Gasteiger partial charge in [0, 0.05) is 26.2 Å². The summed E-state index contributed by atoms with van der Waals surface area (Å²) in [4.78, 5) is 13.9. The van der Waals surface area contributed by atoms with Crippen LogP contribution < -0.4 is 10.6 Å². The van der Waals surface area contributed by atoms with Crippen LogP contribution in [-0.2, 0) is 9.53 Å². The molecular weight excluding hydrogens is 206 g/mol. The lowest BCUT2D eigenvalue weighted by molar-refractivity contribution is -0.123. The van der Waals surface area contributed by atoms with Crippen LogP contribution in [0, 0.1) is 0 Å². The number of nitrogens with zero attached hydrogens (tertiary/aromatic N) is 1. The number of amides is 1. The summed E-state index contributed by atoms with van der Waals surface area (Å²) in [6.45, 7) is 5.17. The van der Waals surface area contributed by atoms with Crippen LogP contribution in [0.15, 0.2) is 0 Å². The molecule has 1 rings (SSSR count). The van der Waals surface area contributed by atoms with E-state index < -0.39 is 0 Å². The van der Waals surface area contributed by atoms with Crippen molar-refractivity contribution in [3.05, 3.63) is 0 Å². The van der Waals surface area contributed by atoms with Gasteiger partial charge in [-0.25, -0.2) is 0 Å². The normalized spacial score (nSPS) is 23.3. The number of likely N-dealkylation sites (tertiary alicyclic amines) is 1. The number of ether oxygens (including phenoxy) is 1. The smallest absolute Gasteiger partial charge is 0.236 e. The van der Waals surface area contributed by atoms with E-state index in [0.29, 0.717) is 19.2 Å². The predicted octanol–water partition coefficient (Wildman–Crippen LogP) is -0.569. The van der Waals surface area contributed by atoms with Gasteiger partial charge in [0.05, 0.1) is 12.6 Å². The Labute approximate surface area is 97.5 Å². The van der Waals surface area contributed by atoms with Crippen LogP contribution in [-0.4, -0.2) is 63.3 Å². The average molecular weight is 229 g/mol. The number of carbonyl (C=O) groups excluding carboxylic acids is 1. The third kappa shape index (κ3) is 4.47. The van der Waals surface area contributed by atoms with Crippen molar-refractivity contribution in [2.24, 2.45) is 0 Å². The van der Waals surface area contributed by atoms with Gasteiger partial charge in [-0.2, -0.15) is 0 Å². The lowest BCUT2D eigenvalue weighted by Gasteiger charge is -2.18. The molecule has 2 unspecified atom stereocenters. The summed E-state index contributed by atoms with van der Waals surface area (Å²) in [5.41, 5.74) is 0. The first-order valence-corrected chi connectivity index (χ1v) is 5.84. The van der Waals surface area contributed by atoms with Gasteiger partial charge >= 0.3 is 0 Å². The van der Waals surface area contributed by atoms with Gasteiger partial charge in [-0.05, 0) is 26.9 Å². The van der Waals surface area contributed by atoms with Crippen molar-refractivity contribution in [2.75, 3.05) is 40.4 Å². The van der Waals surface area contributed by atoms with Gasteiger partial charge in [0.15, 0.2) is 0 Å². The van der Waals surface area contributed by atoms with Crippen LogP contribution >= 0.6 is 0 Å². The van der Waals surface area contributed by atoms with Gasteiger partial charge in [-0.15, -0.1) is 0 Å². The van der Waals surface area contributed by atoms with Crippen LogP contribution in [0.3, 0.4) is 0 Å². The third-order valence-corrected chi connectivity index (χ3v) is 2.88. The van der Waals surface area contributed by atoms with E-state index in [0.717, 1.165) is 19.5 Å². The molecular formula is C11H23N3O2. The Balaban J connectivity index is 2.18. The summed E-state index contributed by atoms with van der Waals surface area (Å²) in [6.07, 6.45) is 1.12. The second kappa shape index (κ2) is 6.83. The second-order valence-electron chi connectivity index (χ2n) is 4.42. The zero-order chi connectivity index (χ0) is 12.0. The summed E-state index contributed by atoms with van der Waals surface area (Å²) in [7, 11) is 3.73. The molecule has 1 amide bonds. The number of rotatable bonds is 6. The summed E-state index contributed by atoms with van der Waals surface area (Å²) in [6, 6.07) is 0.307. The zero-order valence-electron chi connectivity index (χ0n) is 10.5. The van der Waals surface area contributed by atoms with Crippen molar-refractivity contribution in [1.29, 1.82) is 0 Å². The molecule has 5 nitrogen and oxygen atoms in total. The van der Waals surface area contributed by atoms with Crippen molar-refractivity contribution in [1.82, 2.24) is 15.5 Å². The zero-order valence-corrected chi connectivity index (χ0v) is 10.5. The molecule has 0 bridgehead atoms. The summed E-state index contributed by atoms with van der Waals surface area (Å²) < 4.78 is 4.88. The minimum Gasteiger partial charge on any atom is -0.383 e. The highest BCUT2D eigenvalue weighted by Crippen LogP contribution is 2.06. The molecule has 0 spiro atoms. The van der Waals surface area contributed by atoms with Gasteiger partial charge in [-0.1, -0.05) is 0 Å².